The van der Waals surface area contributed by atoms with Gasteiger partial charge >= 0.3 is 6.09 Å². The van der Waals surface area contributed by atoms with Gasteiger partial charge in [-0.15, -0.1) is 0 Å². The lowest BCUT2D eigenvalue weighted by Crippen LogP contribution is -2.55. The SMILES string of the molecule is CCCC(I)OC(=O)N1CCC2Cc3c(cnn3-c3ccccc3)C[C@]2(C=O)C1. The maximum Gasteiger partial charge on any atom is 0.410 e. The molecule has 2 unspecified atom stereocenters. The van der Waals surface area contributed by atoms with Gasteiger partial charge in [0.2, 0.25) is 0 Å². The monoisotopic (exact) mass is 507 g/mol. The molecule has 1 aliphatic heterocycles. The van der Waals surface area contributed by atoms with E-state index >= 15 is 0 Å². The van der Waals surface area contributed by atoms with Crippen molar-refractivity contribution >= 4 is 35.0 Å². The number of hydrogen-bond acceptors (Lipinski definition) is 4. The molecule has 3 atom stereocenters. The third-order valence-electron chi connectivity index (χ3n) is 6.20. The molecule has 2 heterocycles. The largest absolute Gasteiger partial charge is 0.435 e. The molecule has 6 nitrogen and oxygen atoms in total. The first-order valence-electron chi connectivity index (χ1n) is 10.2. The molecule has 1 aromatic heterocycles. The Morgan fingerprint density at radius 3 is 2.93 bits per heavy atom. The van der Waals surface area contributed by atoms with E-state index in [1.807, 2.05) is 41.2 Å². The zero-order valence-corrected chi connectivity index (χ0v) is 18.7. The van der Waals surface area contributed by atoms with Crippen LogP contribution in [0.4, 0.5) is 4.79 Å². The zero-order valence-electron chi connectivity index (χ0n) is 16.6. The van der Waals surface area contributed by atoms with Gasteiger partial charge in [0.1, 0.15) is 6.29 Å². The quantitative estimate of drug-likeness (QED) is 0.346. The summed E-state index contributed by atoms with van der Waals surface area (Å²) in [6.45, 7) is 3.12. The normalized spacial score (nSPS) is 24.3. The van der Waals surface area contributed by atoms with Crippen LogP contribution in [0.1, 0.15) is 37.4 Å². The number of amides is 1. The van der Waals surface area contributed by atoms with Crippen molar-refractivity contribution in [2.24, 2.45) is 11.3 Å². The van der Waals surface area contributed by atoms with Gasteiger partial charge in [0.15, 0.2) is 4.11 Å². The number of hydrogen-bond donors (Lipinski definition) is 0. The van der Waals surface area contributed by atoms with Crippen molar-refractivity contribution in [3.8, 4) is 5.69 Å². The molecule has 4 rings (SSSR count). The van der Waals surface area contributed by atoms with E-state index in [1.165, 1.54) is 5.69 Å². The van der Waals surface area contributed by atoms with Gasteiger partial charge in [0, 0.05) is 18.8 Å². The first-order chi connectivity index (χ1) is 14.1. The highest BCUT2D eigenvalue weighted by atomic mass is 127. The molecule has 0 saturated carbocycles. The molecule has 1 aromatic carbocycles. The summed E-state index contributed by atoms with van der Waals surface area (Å²) in [7, 11) is 0. The highest BCUT2D eigenvalue weighted by molar-refractivity contribution is 14.1. The zero-order chi connectivity index (χ0) is 20.4. The summed E-state index contributed by atoms with van der Waals surface area (Å²) < 4.78 is 7.44. The third kappa shape index (κ3) is 3.93. The average Bonchev–Trinajstić information content (AvgIpc) is 3.14. The number of para-hydroxylation sites is 1. The minimum Gasteiger partial charge on any atom is -0.435 e. The number of carbonyl (C=O) groups excluding carboxylic acids is 2. The smallest absolute Gasteiger partial charge is 0.410 e. The number of carbonyl (C=O) groups is 2. The number of rotatable bonds is 5. The molecule has 1 saturated heterocycles. The molecular formula is C22H26IN3O3. The van der Waals surface area contributed by atoms with Crippen molar-refractivity contribution in [1.82, 2.24) is 14.7 Å². The number of alkyl halides is 1. The van der Waals surface area contributed by atoms with E-state index in [-0.39, 0.29) is 16.1 Å². The van der Waals surface area contributed by atoms with E-state index < -0.39 is 5.41 Å². The Hall–Kier alpha value is -1.90. The summed E-state index contributed by atoms with van der Waals surface area (Å²) in [4.78, 5) is 26.6. The summed E-state index contributed by atoms with van der Waals surface area (Å²) in [6, 6.07) is 10.1. The van der Waals surface area contributed by atoms with Crippen LogP contribution in [0.15, 0.2) is 36.5 Å². The lowest BCUT2D eigenvalue weighted by Gasteiger charge is -2.47. The summed E-state index contributed by atoms with van der Waals surface area (Å²) in [5.41, 5.74) is 2.77. The number of ether oxygens (including phenoxy) is 1. The Morgan fingerprint density at radius 1 is 1.41 bits per heavy atom. The fraction of sp³-hybridized carbons (Fsp3) is 0.500. The molecule has 0 N–H and O–H groups in total. The molecule has 1 fully saturated rings. The predicted octanol–water partition coefficient (Wildman–Crippen LogP) is 4.18. The summed E-state index contributed by atoms with van der Waals surface area (Å²) >= 11 is 2.16. The van der Waals surface area contributed by atoms with Gasteiger partial charge in [0.05, 0.1) is 17.3 Å². The number of fused-ring (bicyclic) bond motifs is 2. The van der Waals surface area contributed by atoms with Gasteiger partial charge in [-0.1, -0.05) is 31.5 Å². The van der Waals surface area contributed by atoms with Gasteiger partial charge in [-0.2, -0.15) is 5.10 Å². The molecule has 7 heteroatoms. The lowest BCUT2D eigenvalue weighted by atomic mass is 9.63. The molecule has 29 heavy (non-hydrogen) atoms. The Balaban J connectivity index is 1.55. The molecule has 0 spiro atoms. The van der Waals surface area contributed by atoms with E-state index in [0.717, 1.165) is 43.2 Å². The summed E-state index contributed by atoms with van der Waals surface area (Å²) in [5.74, 6) is 0.210. The molecule has 1 aliphatic carbocycles. The number of piperidine rings is 1. The predicted molar refractivity (Wildman–Crippen MR) is 118 cm³/mol. The van der Waals surface area contributed by atoms with Gasteiger partial charge < -0.3 is 14.4 Å². The fourth-order valence-electron chi connectivity index (χ4n) is 4.62. The Morgan fingerprint density at radius 2 is 2.21 bits per heavy atom. The van der Waals surface area contributed by atoms with Crippen LogP contribution in [-0.4, -0.2) is 44.3 Å². The van der Waals surface area contributed by atoms with Crippen LogP contribution < -0.4 is 0 Å². The number of halogens is 1. The number of aromatic nitrogens is 2. The van der Waals surface area contributed by atoms with Crippen LogP contribution >= 0.6 is 22.6 Å². The maximum atomic E-state index is 12.6. The Labute approximate surface area is 184 Å². The van der Waals surface area contributed by atoms with Crippen LogP contribution in [0.5, 0.6) is 0 Å². The summed E-state index contributed by atoms with van der Waals surface area (Å²) in [5, 5.41) is 4.60. The summed E-state index contributed by atoms with van der Waals surface area (Å²) in [6.07, 6.45) is 6.68. The number of aldehydes is 1. The van der Waals surface area contributed by atoms with Crippen molar-refractivity contribution in [3.05, 3.63) is 47.8 Å². The minimum absolute atomic E-state index is 0.128. The average molecular weight is 507 g/mol. The highest BCUT2D eigenvalue weighted by Gasteiger charge is 2.49. The van der Waals surface area contributed by atoms with Gasteiger partial charge in [-0.25, -0.2) is 9.48 Å². The second-order valence-electron chi connectivity index (χ2n) is 8.09. The highest BCUT2D eigenvalue weighted by Crippen LogP contribution is 2.44. The van der Waals surface area contributed by atoms with E-state index in [4.69, 9.17) is 4.74 Å². The molecule has 0 bridgehead atoms. The molecule has 1 amide bonds. The number of nitrogens with zero attached hydrogens (tertiary/aromatic N) is 3. The van der Waals surface area contributed by atoms with E-state index in [9.17, 15) is 9.59 Å². The van der Waals surface area contributed by atoms with Crippen LogP contribution in [0.2, 0.25) is 0 Å². The molecular weight excluding hydrogens is 481 g/mol. The van der Waals surface area contributed by atoms with Crippen molar-refractivity contribution < 1.29 is 14.3 Å². The second kappa shape index (κ2) is 8.45. The molecule has 154 valence electrons. The first kappa shape index (κ1) is 20.4. The fourth-order valence-corrected chi connectivity index (χ4v) is 5.46. The van der Waals surface area contributed by atoms with Gasteiger partial charge in [-0.3, -0.25) is 0 Å². The molecule has 2 aliphatic rings. The van der Waals surface area contributed by atoms with E-state index in [1.54, 1.807) is 4.90 Å². The second-order valence-corrected chi connectivity index (χ2v) is 9.47. The number of benzene rings is 1. The minimum atomic E-state index is -0.555. The van der Waals surface area contributed by atoms with Crippen molar-refractivity contribution in [2.45, 2.75) is 43.1 Å². The standard InChI is InChI=1S/C22H26IN3O3/c1-2-6-20(23)29-21(28)25-10-9-17-11-19-16(12-22(17,14-25)15-27)13-24-26(19)18-7-4-3-5-8-18/h3-5,7-8,13,15,17,20H,2,6,9-12,14H2,1H3/t17?,20?,22-/m1/s1. The van der Waals surface area contributed by atoms with E-state index in [2.05, 4.69) is 34.6 Å². The molecule has 0 radical (unpaired) electrons. The molecule has 2 aromatic rings. The van der Waals surface area contributed by atoms with Crippen LogP contribution in [0, 0.1) is 11.3 Å². The maximum absolute atomic E-state index is 12.6. The van der Waals surface area contributed by atoms with Gasteiger partial charge in [-0.05, 0) is 71.9 Å². The van der Waals surface area contributed by atoms with Gasteiger partial charge in [0.25, 0.3) is 0 Å². The number of likely N-dealkylation sites (tertiary alicyclic amines) is 1. The van der Waals surface area contributed by atoms with Crippen LogP contribution in [0.3, 0.4) is 0 Å². The Kier molecular flexibility index (Phi) is 5.94. The Bertz CT molecular complexity index is 885. The van der Waals surface area contributed by atoms with Crippen molar-refractivity contribution in [2.75, 3.05) is 13.1 Å². The first-order valence-corrected chi connectivity index (χ1v) is 11.5. The van der Waals surface area contributed by atoms with Crippen molar-refractivity contribution in [1.29, 1.82) is 0 Å². The van der Waals surface area contributed by atoms with E-state index in [0.29, 0.717) is 19.5 Å². The topological polar surface area (TPSA) is 64.4 Å². The van der Waals surface area contributed by atoms with Crippen LogP contribution in [0.25, 0.3) is 5.69 Å². The lowest BCUT2D eigenvalue weighted by molar-refractivity contribution is -0.123. The van der Waals surface area contributed by atoms with Crippen LogP contribution in [-0.2, 0) is 22.4 Å². The van der Waals surface area contributed by atoms with Crippen molar-refractivity contribution in [3.63, 3.8) is 0 Å². The third-order valence-corrected chi connectivity index (χ3v) is 7.08.